The Bertz CT molecular complexity index is 1180. The summed E-state index contributed by atoms with van der Waals surface area (Å²) in [5.74, 6) is -0.664. The van der Waals surface area contributed by atoms with Crippen molar-refractivity contribution >= 4 is 23.3 Å². The van der Waals surface area contributed by atoms with Gasteiger partial charge in [0.25, 0.3) is 11.6 Å². The third-order valence-electron chi connectivity index (χ3n) is 5.06. The highest BCUT2D eigenvalue weighted by molar-refractivity contribution is 6.06. The van der Waals surface area contributed by atoms with Crippen molar-refractivity contribution in [2.45, 2.75) is 12.5 Å². The van der Waals surface area contributed by atoms with Crippen molar-refractivity contribution in [1.82, 2.24) is 0 Å². The van der Waals surface area contributed by atoms with E-state index in [1.807, 2.05) is 30.3 Å². The number of cyclic esters (lactones) is 1. The number of carbonyl (C=O) groups is 2. The van der Waals surface area contributed by atoms with Crippen LogP contribution >= 0.6 is 0 Å². The van der Waals surface area contributed by atoms with Gasteiger partial charge in [0.1, 0.15) is 17.5 Å². The van der Waals surface area contributed by atoms with Gasteiger partial charge in [0, 0.05) is 12.0 Å². The number of nitro groups is 1. The molecule has 1 N–H and O–H groups in total. The van der Waals surface area contributed by atoms with Crippen LogP contribution in [0.4, 0.5) is 11.4 Å². The third-order valence-corrected chi connectivity index (χ3v) is 5.06. The number of benzene rings is 3. The van der Waals surface area contributed by atoms with Crippen LogP contribution in [0, 0.1) is 10.1 Å². The van der Waals surface area contributed by atoms with Crippen LogP contribution in [0.2, 0.25) is 0 Å². The summed E-state index contributed by atoms with van der Waals surface area (Å²) in [5.41, 5.74) is 2.00. The van der Waals surface area contributed by atoms with E-state index in [1.165, 1.54) is 37.4 Å². The van der Waals surface area contributed by atoms with Gasteiger partial charge in [0.05, 0.1) is 23.7 Å². The third kappa shape index (κ3) is 4.09. The first-order valence-electron chi connectivity index (χ1n) is 9.49. The second-order valence-electron chi connectivity index (χ2n) is 6.97. The molecule has 0 saturated heterocycles. The van der Waals surface area contributed by atoms with Crippen LogP contribution in [0.3, 0.4) is 0 Å². The number of nitro benzene ring substituents is 1. The summed E-state index contributed by atoms with van der Waals surface area (Å²) in [6.45, 7) is 0. The molecule has 3 aromatic rings. The molecule has 0 unspecified atom stereocenters. The molecular formula is C23H18N2O6. The van der Waals surface area contributed by atoms with Gasteiger partial charge in [-0.25, -0.2) is 4.79 Å². The van der Waals surface area contributed by atoms with Crippen molar-refractivity contribution < 1.29 is 24.0 Å². The van der Waals surface area contributed by atoms with Crippen molar-refractivity contribution in [3.05, 3.63) is 99.1 Å². The second-order valence-corrected chi connectivity index (χ2v) is 6.97. The standard InChI is InChI=1S/C23H18N2O6/c1-30-17-8-10-19(20(13-17)25(28)29)24-22(26)15-7-9-18-16(11-15)12-21(31-23(18)27)14-5-3-2-4-6-14/h2-11,13,21H,12H2,1H3,(H,24,26)/t21-/m1/s1. The maximum Gasteiger partial charge on any atom is 0.339 e. The van der Waals surface area contributed by atoms with Gasteiger partial charge in [-0.2, -0.15) is 0 Å². The van der Waals surface area contributed by atoms with Gasteiger partial charge in [0.2, 0.25) is 0 Å². The number of rotatable bonds is 5. The molecule has 3 aromatic carbocycles. The zero-order valence-electron chi connectivity index (χ0n) is 16.5. The number of hydrogen-bond donors (Lipinski definition) is 1. The molecule has 8 heteroatoms. The minimum atomic E-state index is -0.592. The molecule has 0 aromatic heterocycles. The van der Waals surface area contributed by atoms with Crippen LogP contribution in [0.1, 0.15) is 37.9 Å². The largest absolute Gasteiger partial charge is 0.496 e. The van der Waals surface area contributed by atoms with Gasteiger partial charge in [-0.3, -0.25) is 14.9 Å². The average molecular weight is 418 g/mol. The smallest absolute Gasteiger partial charge is 0.339 e. The Balaban J connectivity index is 1.60. The molecule has 1 aliphatic rings. The molecule has 8 nitrogen and oxygen atoms in total. The quantitative estimate of drug-likeness (QED) is 0.376. The second kappa shape index (κ2) is 8.27. The Morgan fingerprint density at radius 3 is 2.61 bits per heavy atom. The maximum absolute atomic E-state index is 12.8. The zero-order valence-corrected chi connectivity index (χ0v) is 16.5. The van der Waals surface area contributed by atoms with Gasteiger partial charge in [-0.15, -0.1) is 0 Å². The summed E-state index contributed by atoms with van der Waals surface area (Å²) >= 11 is 0. The average Bonchev–Trinajstić information content (AvgIpc) is 2.79. The van der Waals surface area contributed by atoms with Crippen molar-refractivity contribution in [3.8, 4) is 5.75 Å². The Labute approximate surface area is 177 Å². The summed E-state index contributed by atoms with van der Waals surface area (Å²) in [7, 11) is 1.40. The first-order valence-corrected chi connectivity index (χ1v) is 9.49. The first-order chi connectivity index (χ1) is 15.0. The Hall–Kier alpha value is -4.20. The molecule has 0 bridgehead atoms. The fraction of sp³-hybridized carbons (Fsp3) is 0.130. The van der Waals surface area contributed by atoms with Crippen LogP contribution in [0.25, 0.3) is 0 Å². The molecule has 1 heterocycles. The topological polar surface area (TPSA) is 108 Å². The van der Waals surface area contributed by atoms with E-state index in [4.69, 9.17) is 9.47 Å². The fourth-order valence-corrected chi connectivity index (χ4v) is 3.48. The van der Waals surface area contributed by atoms with E-state index in [1.54, 1.807) is 6.07 Å². The number of methoxy groups -OCH3 is 1. The summed E-state index contributed by atoms with van der Waals surface area (Å²) in [4.78, 5) is 36.0. The van der Waals surface area contributed by atoms with E-state index in [-0.39, 0.29) is 16.9 Å². The van der Waals surface area contributed by atoms with E-state index in [9.17, 15) is 19.7 Å². The molecule has 0 fully saturated rings. The number of nitrogens with one attached hydrogen (secondary N) is 1. The number of carbonyl (C=O) groups excluding carboxylic acids is 2. The molecule has 4 rings (SSSR count). The van der Waals surface area contributed by atoms with Gasteiger partial charge in [-0.05, 0) is 41.5 Å². The van der Waals surface area contributed by atoms with Crippen LogP contribution in [-0.2, 0) is 11.2 Å². The fourth-order valence-electron chi connectivity index (χ4n) is 3.48. The van der Waals surface area contributed by atoms with E-state index in [0.29, 0.717) is 23.3 Å². The molecule has 1 atom stereocenters. The highest BCUT2D eigenvalue weighted by atomic mass is 16.6. The molecule has 1 aliphatic heterocycles. The number of ether oxygens (including phenoxy) is 2. The molecule has 0 radical (unpaired) electrons. The number of fused-ring (bicyclic) bond motifs is 1. The molecule has 31 heavy (non-hydrogen) atoms. The first kappa shape index (κ1) is 20.1. The van der Waals surface area contributed by atoms with Gasteiger partial charge in [0.15, 0.2) is 0 Å². The molecule has 1 amide bonds. The molecule has 156 valence electrons. The van der Waals surface area contributed by atoms with E-state index < -0.39 is 22.9 Å². The van der Waals surface area contributed by atoms with Gasteiger partial charge >= 0.3 is 5.97 Å². The van der Waals surface area contributed by atoms with Crippen LogP contribution in [-0.4, -0.2) is 23.9 Å². The van der Waals surface area contributed by atoms with E-state index in [2.05, 4.69) is 5.32 Å². The Morgan fingerprint density at radius 2 is 1.90 bits per heavy atom. The normalized spacial score (nSPS) is 14.9. The lowest BCUT2D eigenvalue weighted by molar-refractivity contribution is -0.384. The van der Waals surface area contributed by atoms with Crippen LogP contribution < -0.4 is 10.1 Å². The van der Waals surface area contributed by atoms with Gasteiger partial charge < -0.3 is 14.8 Å². The number of amides is 1. The zero-order chi connectivity index (χ0) is 22.0. The van der Waals surface area contributed by atoms with Crippen molar-refractivity contribution in [2.24, 2.45) is 0 Å². The predicted octanol–water partition coefficient (Wildman–Crippen LogP) is 4.31. The molecular weight excluding hydrogens is 400 g/mol. The number of esters is 1. The van der Waals surface area contributed by atoms with E-state index >= 15 is 0 Å². The van der Waals surface area contributed by atoms with Crippen LogP contribution in [0.5, 0.6) is 5.75 Å². The minimum Gasteiger partial charge on any atom is -0.496 e. The highest BCUT2D eigenvalue weighted by Crippen LogP contribution is 2.32. The number of nitrogens with zero attached hydrogens (tertiary/aromatic N) is 1. The predicted molar refractivity (Wildman–Crippen MR) is 112 cm³/mol. The summed E-state index contributed by atoms with van der Waals surface area (Å²) in [5, 5.41) is 13.9. The van der Waals surface area contributed by atoms with E-state index in [0.717, 1.165) is 5.56 Å². The van der Waals surface area contributed by atoms with Crippen molar-refractivity contribution in [2.75, 3.05) is 12.4 Å². The number of anilines is 1. The Morgan fingerprint density at radius 1 is 1.13 bits per heavy atom. The summed E-state index contributed by atoms with van der Waals surface area (Å²) in [6, 6.07) is 18.2. The lowest BCUT2D eigenvalue weighted by Gasteiger charge is -2.25. The van der Waals surface area contributed by atoms with Gasteiger partial charge in [-0.1, -0.05) is 30.3 Å². The highest BCUT2D eigenvalue weighted by Gasteiger charge is 2.28. The van der Waals surface area contributed by atoms with Crippen molar-refractivity contribution in [3.63, 3.8) is 0 Å². The molecule has 0 spiro atoms. The lowest BCUT2D eigenvalue weighted by atomic mass is 9.93. The monoisotopic (exact) mass is 418 g/mol. The minimum absolute atomic E-state index is 0.0510. The SMILES string of the molecule is COc1ccc(NC(=O)c2ccc3c(c2)C[C@H](c2ccccc2)OC3=O)c([N+](=O)[O-])c1. The lowest BCUT2D eigenvalue weighted by Crippen LogP contribution is -2.23. The van der Waals surface area contributed by atoms with Crippen molar-refractivity contribution in [1.29, 1.82) is 0 Å². The summed E-state index contributed by atoms with van der Waals surface area (Å²) in [6.07, 6.45) is -0.0169. The molecule has 0 saturated carbocycles. The maximum atomic E-state index is 12.8. The summed E-state index contributed by atoms with van der Waals surface area (Å²) < 4.78 is 10.5. The van der Waals surface area contributed by atoms with Crippen LogP contribution in [0.15, 0.2) is 66.7 Å². The number of hydrogen-bond acceptors (Lipinski definition) is 6. The molecule has 0 aliphatic carbocycles. The Kier molecular flexibility index (Phi) is 5.36.